The van der Waals surface area contributed by atoms with E-state index in [9.17, 15) is 9.18 Å². The Morgan fingerprint density at radius 1 is 1.29 bits per heavy atom. The molecule has 1 heterocycles. The maximum Gasteiger partial charge on any atom is 0.400 e. The van der Waals surface area contributed by atoms with Gasteiger partial charge in [0.15, 0.2) is 5.58 Å². The molecule has 0 spiro atoms. The summed E-state index contributed by atoms with van der Waals surface area (Å²) >= 11 is 3.22. The monoisotopic (exact) mass is 351 g/mol. The molecule has 1 N–H and O–H groups in total. The van der Waals surface area contributed by atoms with Gasteiger partial charge in [-0.15, -0.1) is 0 Å². The van der Waals surface area contributed by atoms with Crippen molar-refractivity contribution in [3.8, 4) is 11.8 Å². The SMILES string of the molecule is O=C(O)c1ccc2nc(Oc3cc(F)ccc3Br)oc2c1. The minimum absolute atomic E-state index is 0.0807. The number of fused-ring (bicyclic) bond motifs is 1. The third kappa shape index (κ3) is 2.73. The van der Waals surface area contributed by atoms with Crippen LogP contribution in [0.1, 0.15) is 10.4 Å². The van der Waals surface area contributed by atoms with E-state index in [2.05, 4.69) is 20.9 Å². The van der Waals surface area contributed by atoms with Crippen molar-refractivity contribution in [2.45, 2.75) is 0 Å². The van der Waals surface area contributed by atoms with Crippen molar-refractivity contribution in [1.82, 2.24) is 4.98 Å². The molecule has 0 fully saturated rings. The van der Waals surface area contributed by atoms with E-state index in [0.29, 0.717) is 9.99 Å². The Labute approximate surface area is 126 Å². The van der Waals surface area contributed by atoms with Gasteiger partial charge in [-0.25, -0.2) is 9.18 Å². The first-order valence-corrected chi connectivity index (χ1v) is 6.59. The molecule has 5 nitrogen and oxygen atoms in total. The molecule has 7 heteroatoms. The third-order valence-electron chi connectivity index (χ3n) is 2.71. The maximum absolute atomic E-state index is 13.2. The predicted octanol–water partition coefficient (Wildman–Crippen LogP) is 4.22. The van der Waals surface area contributed by atoms with Gasteiger partial charge in [0, 0.05) is 6.07 Å². The highest BCUT2D eigenvalue weighted by molar-refractivity contribution is 9.10. The van der Waals surface area contributed by atoms with Crippen LogP contribution in [0.3, 0.4) is 0 Å². The summed E-state index contributed by atoms with van der Waals surface area (Å²) in [6.07, 6.45) is -0.0983. The van der Waals surface area contributed by atoms with E-state index in [-0.39, 0.29) is 23.0 Å². The van der Waals surface area contributed by atoms with Crippen molar-refractivity contribution in [2.24, 2.45) is 0 Å². The number of carbonyl (C=O) groups is 1. The predicted molar refractivity (Wildman–Crippen MR) is 75.1 cm³/mol. The summed E-state index contributed by atoms with van der Waals surface area (Å²) in [6, 6.07) is 8.22. The molecular formula is C14H7BrFNO4. The molecule has 106 valence electrons. The van der Waals surface area contributed by atoms with Crippen LogP contribution in [0.5, 0.6) is 11.8 Å². The largest absolute Gasteiger partial charge is 0.478 e. The van der Waals surface area contributed by atoms with Crippen LogP contribution in [0.15, 0.2) is 45.3 Å². The first kappa shape index (κ1) is 13.6. The number of benzene rings is 2. The number of aromatic carboxylic acids is 1. The molecule has 0 bridgehead atoms. The fourth-order valence-electron chi connectivity index (χ4n) is 1.73. The topological polar surface area (TPSA) is 72.6 Å². The molecule has 0 saturated heterocycles. The Bertz CT molecular complexity index is 846. The molecule has 0 amide bonds. The number of carboxylic acids is 1. The number of nitrogens with zero attached hydrogens (tertiary/aromatic N) is 1. The summed E-state index contributed by atoms with van der Waals surface area (Å²) in [7, 11) is 0. The number of ether oxygens (including phenoxy) is 1. The van der Waals surface area contributed by atoms with Crippen molar-refractivity contribution in [1.29, 1.82) is 0 Å². The van der Waals surface area contributed by atoms with Gasteiger partial charge in [-0.1, -0.05) is 0 Å². The lowest BCUT2D eigenvalue weighted by molar-refractivity contribution is 0.0697. The molecule has 3 aromatic rings. The Morgan fingerprint density at radius 2 is 2.10 bits per heavy atom. The zero-order valence-electron chi connectivity index (χ0n) is 10.3. The van der Waals surface area contributed by atoms with Crippen molar-refractivity contribution >= 4 is 33.0 Å². The van der Waals surface area contributed by atoms with Crippen molar-refractivity contribution in [3.05, 3.63) is 52.3 Å². The summed E-state index contributed by atoms with van der Waals surface area (Å²) in [5.41, 5.74) is 0.803. The van der Waals surface area contributed by atoms with Gasteiger partial charge in [0.2, 0.25) is 0 Å². The van der Waals surface area contributed by atoms with Gasteiger partial charge < -0.3 is 14.3 Å². The average molecular weight is 352 g/mol. The highest BCUT2D eigenvalue weighted by atomic mass is 79.9. The molecule has 0 atom stereocenters. The molecule has 1 aromatic heterocycles. The molecule has 0 aliphatic heterocycles. The van der Waals surface area contributed by atoms with Crippen LogP contribution < -0.4 is 4.74 Å². The van der Waals surface area contributed by atoms with E-state index in [0.717, 1.165) is 0 Å². The van der Waals surface area contributed by atoms with E-state index in [4.69, 9.17) is 14.3 Å². The van der Waals surface area contributed by atoms with Crippen LogP contribution in [0, 0.1) is 5.82 Å². The van der Waals surface area contributed by atoms with Crippen LogP contribution >= 0.6 is 15.9 Å². The van der Waals surface area contributed by atoms with Crippen molar-refractivity contribution in [2.75, 3.05) is 0 Å². The van der Waals surface area contributed by atoms with E-state index in [1.807, 2.05) is 0 Å². The molecule has 0 unspecified atom stereocenters. The van der Waals surface area contributed by atoms with Crippen LogP contribution in [-0.2, 0) is 0 Å². The summed E-state index contributed by atoms with van der Waals surface area (Å²) in [6.45, 7) is 0. The number of halogens is 2. The second-order valence-corrected chi connectivity index (χ2v) is 5.00. The fraction of sp³-hybridized carbons (Fsp3) is 0. The molecule has 0 radical (unpaired) electrons. The number of oxazole rings is 1. The first-order valence-electron chi connectivity index (χ1n) is 5.80. The summed E-state index contributed by atoms with van der Waals surface area (Å²) in [5.74, 6) is -1.32. The lowest BCUT2D eigenvalue weighted by atomic mass is 10.2. The smallest absolute Gasteiger partial charge is 0.400 e. The fourth-order valence-corrected chi connectivity index (χ4v) is 2.06. The zero-order valence-corrected chi connectivity index (χ0v) is 11.9. The number of aromatic nitrogens is 1. The Balaban J connectivity index is 1.97. The zero-order chi connectivity index (χ0) is 15.0. The summed E-state index contributed by atoms with van der Waals surface area (Å²) in [4.78, 5) is 14.9. The van der Waals surface area contributed by atoms with Crippen LogP contribution in [0.25, 0.3) is 11.1 Å². The average Bonchev–Trinajstić information content (AvgIpc) is 2.84. The van der Waals surface area contributed by atoms with Crippen LogP contribution in [0.2, 0.25) is 0 Å². The van der Waals surface area contributed by atoms with E-state index < -0.39 is 11.8 Å². The van der Waals surface area contributed by atoms with Gasteiger partial charge in [-0.05, 0) is 46.3 Å². The molecule has 21 heavy (non-hydrogen) atoms. The van der Waals surface area contributed by atoms with E-state index in [1.54, 1.807) is 0 Å². The summed E-state index contributed by atoms with van der Waals surface area (Å²) in [5, 5.41) is 8.91. The minimum atomic E-state index is -1.07. The lowest BCUT2D eigenvalue weighted by Gasteiger charge is -2.02. The molecule has 0 saturated carbocycles. The Morgan fingerprint density at radius 3 is 2.86 bits per heavy atom. The van der Waals surface area contributed by atoms with Crippen molar-refractivity contribution < 1.29 is 23.4 Å². The van der Waals surface area contributed by atoms with Gasteiger partial charge in [-0.2, -0.15) is 4.98 Å². The van der Waals surface area contributed by atoms with Crippen LogP contribution in [-0.4, -0.2) is 16.1 Å². The van der Waals surface area contributed by atoms with E-state index in [1.165, 1.54) is 36.4 Å². The van der Waals surface area contributed by atoms with Crippen molar-refractivity contribution in [3.63, 3.8) is 0 Å². The molecule has 2 aromatic carbocycles. The second-order valence-electron chi connectivity index (χ2n) is 4.14. The summed E-state index contributed by atoms with van der Waals surface area (Å²) < 4.78 is 24.4. The lowest BCUT2D eigenvalue weighted by Crippen LogP contribution is -1.94. The standard InChI is InChI=1S/C14H7BrFNO4/c15-9-3-2-8(16)6-11(9)20-14-17-10-4-1-7(13(18)19)5-12(10)21-14/h1-6H,(H,18,19). The van der Waals surface area contributed by atoms with Gasteiger partial charge in [0.25, 0.3) is 0 Å². The number of hydrogen-bond donors (Lipinski definition) is 1. The molecule has 3 rings (SSSR count). The van der Waals surface area contributed by atoms with Crippen LogP contribution in [0.4, 0.5) is 4.39 Å². The first-order chi connectivity index (χ1) is 10.0. The Hall–Kier alpha value is -2.41. The van der Waals surface area contributed by atoms with Gasteiger partial charge in [-0.3, -0.25) is 0 Å². The maximum atomic E-state index is 13.2. The number of rotatable bonds is 3. The highest BCUT2D eigenvalue weighted by Gasteiger charge is 2.13. The Kier molecular flexibility index (Phi) is 3.34. The third-order valence-corrected chi connectivity index (χ3v) is 3.36. The van der Waals surface area contributed by atoms with E-state index >= 15 is 0 Å². The second kappa shape index (κ2) is 5.17. The van der Waals surface area contributed by atoms with Gasteiger partial charge >= 0.3 is 12.0 Å². The van der Waals surface area contributed by atoms with Gasteiger partial charge in [0.05, 0.1) is 10.0 Å². The normalized spacial score (nSPS) is 10.8. The molecular weight excluding hydrogens is 345 g/mol. The quantitative estimate of drug-likeness (QED) is 0.764. The molecule has 0 aliphatic rings. The van der Waals surface area contributed by atoms with Gasteiger partial charge in [0.1, 0.15) is 17.1 Å². The molecule has 0 aliphatic carbocycles. The number of hydrogen-bond acceptors (Lipinski definition) is 4. The number of carboxylic acid groups (broad SMARTS) is 1. The minimum Gasteiger partial charge on any atom is -0.478 e. The highest BCUT2D eigenvalue weighted by Crippen LogP contribution is 2.31.